The Morgan fingerprint density at radius 3 is 2.64 bits per heavy atom. The van der Waals surface area contributed by atoms with Crippen LogP contribution >= 0.6 is 0 Å². The van der Waals surface area contributed by atoms with Crippen LogP contribution in [0.15, 0.2) is 36.4 Å². The highest BCUT2D eigenvalue weighted by Crippen LogP contribution is 2.29. The molecule has 0 bridgehead atoms. The maximum absolute atomic E-state index is 11.6. The molecule has 0 radical (unpaired) electrons. The number of carbonyl (C=O) groups excluding carboxylic acids is 1. The highest BCUT2D eigenvalue weighted by atomic mass is 16.5. The number of nitrogen functional groups attached to an aromatic ring is 1. The predicted octanol–water partition coefficient (Wildman–Crippen LogP) is 2.70. The minimum Gasteiger partial charge on any atom is -0.493 e. The van der Waals surface area contributed by atoms with Gasteiger partial charge in [-0.15, -0.1) is 0 Å². The van der Waals surface area contributed by atoms with E-state index >= 15 is 0 Å². The SMILES string of the molecule is Cc1nc(-c2ccccc2OCC(C)C)ccc1C(=O)NN. The number of nitrogens with zero attached hydrogens (tertiary/aromatic N) is 1. The lowest BCUT2D eigenvalue weighted by Crippen LogP contribution is -2.30. The lowest BCUT2D eigenvalue weighted by molar-refractivity contribution is 0.0952. The number of nitrogens with two attached hydrogens (primary N) is 1. The molecule has 1 amide bonds. The number of nitrogens with one attached hydrogen (secondary N) is 1. The third-order valence-electron chi connectivity index (χ3n) is 3.20. The van der Waals surface area contributed by atoms with Gasteiger partial charge in [0.2, 0.25) is 0 Å². The van der Waals surface area contributed by atoms with Crippen LogP contribution in [0.3, 0.4) is 0 Å². The van der Waals surface area contributed by atoms with E-state index in [9.17, 15) is 4.79 Å². The zero-order valence-corrected chi connectivity index (χ0v) is 13.1. The highest BCUT2D eigenvalue weighted by Gasteiger charge is 2.12. The summed E-state index contributed by atoms with van der Waals surface area (Å²) in [6.07, 6.45) is 0. The van der Waals surface area contributed by atoms with Gasteiger partial charge in [0, 0.05) is 5.56 Å². The van der Waals surface area contributed by atoms with Gasteiger partial charge in [-0.2, -0.15) is 0 Å². The van der Waals surface area contributed by atoms with Crippen LogP contribution in [0, 0.1) is 12.8 Å². The van der Waals surface area contributed by atoms with Crippen molar-refractivity contribution in [1.29, 1.82) is 0 Å². The number of aryl methyl sites for hydroxylation is 1. The molecule has 0 spiro atoms. The molecule has 22 heavy (non-hydrogen) atoms. The molecular formula is C17H21N3O2. The van der Waals surface area contributed by atoms with Crippen LogP contribution in [0.25, 0.3) is 11.3 Å². The molecule has 0 aliphatic rings. The van der Waals surface area contributed by atoms with E-state index in [1.54, 1.807) is 19.1 Å². The van der Waals surface area contributed by atoms with Gasteiger partial charge in [0.25, 0.3) is 5.91 Å². The van der Waals surface area contributed by atoms with E-state index in [1.165, 1.54) is 0 Å². The number of ether oxygens (including phenoxy) is 1. The number of para-hydroxylation sites is 1. The average molecular weight is 299 g/mol. The summed E-state index contributed by atoms with van der Waals surface area (Å²) in [7, 11) is 0. The molecule has 0 aliphatic carbocycles. The minimum absolute atomic E-state index is 0.346. The van der Waals surface area contributed by atoms with E-state index in [4.69, 9.17) is 10.6 Å². The molecule has 5 heteroatoms. The van der Waals surface area contributed by atoms with Crippen LogP contribution in [-0.2, 0) is 0 Å². The maximum atomic E-state index is 11.6. The fourth-order valence-electron chi connectivity index (χ4n) is 2.09. The van der Waals surface area contributed by atoms with Gasteiger partial charge >= 0.3 is 0 Å². The Hall–Kier alpha value is -2.40. The van der Waals surface area contributed by atoms with E-state index in [1.807, 2.05) is 24.3 Å². The van der Waals surface area contributed by atoms with Crippen molar-refractivity contribution in [3.8, 4) is 17.0 Å². The molecule has 116 valence electrons. The van der Waals surface area contributed by atoms with E-state index in [2.05, 4.69) is 24.3 Å². The third-order valence-corrected chi connectivity index (χ3v) is 3.20. The smallest absolute Gasteiger partial charge is 0.267 e. The van der Waals surface area contributed by atoms with Crippen molar-refractivity contribution in [2.45, 2.75) is 20.8 Å². The molecule has 0 saturated heterocycles. The maximum Gasteiger partial charge on any atom is 0.267 e. The van der Waals surface area contributed by atoms with E-state index in [-0.39, 0.29) is 5.91 Å². The van der Waals surface area contributed by atoms with Gasteiger partial charge in [-0.25, -0.2) is 5.84 Å². The fraction of sp³-hybridized carbons (Fsp3) is 0.294. The van der Waals surface area contributed by atoms with Gasteiger partial charge in [-0.3, -0.25) is 15.2 Å². The monoisotopic (exact) mass is 299 g/mol. The number of hydrogen-bond acceptors (Lipinski definition) is 4. The number of benzene rings is 1. The van der Waals surface area contributed by atoms with Gasteiger partial charge in [0.15, 0.2) is 0 Å². The first-order valence-corrected chi connectivity index (χ1v) is 7.23. The normalized spacial score (nSPS) is 10.6. The van der Waals surface area contributed by atoms with Crippen molar-refractivity contribution in [1.82, 2.24) is 10.4 Å². The van der Waals surface area contributed by atoms with Crippen molar-refractivity contribution < 1.29 is 9.53 Å². The summed E-state index contributed by atoms with van der Waals surface area (Å²) in [5.74, 6) is 6.05. The van der Waals surface area contributed by atoms with Gasteiger partial charge in [0.05, 0.1) is 23.6 Å². The molecule has 2 rings (SSSR count). The first kappa shape index (κ1) is 16.0. The van der Waals surface area contributed by atoms with Crippen LogP contribution in [0.4, 0.5) is 0 Å². The molecule has 1 aromatic carbocycles. The first-order chi connectivity index (χ1) is 10.5. The summed E-state index contributed by atoms with van der Waals surface area (Å²) in [5.41, 5.74) is 4.89. The molecule has 2 aromatic rings. The number of aromatic nitrogens is 1. The molecule has 5 nitrogen and oxygen atoms in total. The fourth-order valence-corrected chi connectivity index (χ4v) is 2.09. The number of amides is 1. The Kier molecular flexibility index (Phi) is 5.12. The van der Waals surface area contributed by atoms with Crippen molar-refractivity contribution in [3.05, 3.63) is 47.7 Å². The zero-order valence-electron chi connectivity index (χ0n) is 13.1. The first-order valence-electron chi connectivity index (χ1n) is 7.23. The molecule has 3 N–H and O–H groups in total. The summed E-state index contributed by atoms with van der Waals surface area (Å²) >= 11 is 0. The average Bonchev–Trinajstić information content (AvgIpc) is 2.52. The molecule has 0 atom stereocenters. The lowest BCUT2D eigenvalue weighted by atomic mass is 10.1. The number of carbonyl (C=O) groups is 1. The van der Waals surface area contributed by atoms with Gasteiger partial charge in [-0.1, -0.05) is 26.0 Å². The Morgan fingerprint density at radius 1 is 1.27 bits per heavy atom. The molecule has 0 aliphatic heterocycles. The van der Waals surface area contributed by atoms with Gasteiger partial charge in [0.1, 0.15) is 5.75 Å². The number of hydrazine groups is 1. The van der Waals surface area contributed by atoms with Gasteiger partial charge in [-0.05, 0) is 37.1 Å². The Bertz CT molecular complexity index is 669. The van der Waals surface area contributed by atoms with Crippen molar-refractivity contribution >= 4 is 5.91 Å². The van der Waals surface area contributed by atoms with Crippen molar-refractivity contribution in [2.24, 2.45) is 11.8 Å². The molecule has 0 unspecified atom stereocenters. The minimum atomic E-state index is -0.346. The van der Waals surface area contributed by atoms with Crippen LogP contribution in [-0.4, -0.2) is 17.5 Å². The lowest BCUT2D eigenvalue weighted by Gasteiger charge is -2.13. The van der Waals surface area contributed by atoms with Gasteiger partial charge < -0.3 is 4.74 Å². The number of rotatable bonds is 5. The molecule has 1 aromatic heterocycles. The van der Waals surface area contributed by atoms with Crippen LogP contribution in [0.1, 0.15) is 29.9 Å². The number of pyridine rings is 1. The van der Waals surface area contributed by atoms with E-state index in [0.717, 1.165) is 17.0 Å². The second-order valence-corrected chi connectivity index (χ2v) is 5.50. The quantitative estimate of drug-likeness (QED) is 0.505. The molecule has 1 heterocycles. The standard InChI is InChI=1S/C17H21N3O2/c1-11(2)10-22-16-7-5-4-6-14(16)15-9-8-13(12(3)19-15)17(21)20-18/h4-9,11H,10,18H2,1-3H3,(H,20,21). The van der Waals surface area contributed by atoms with Crippen LogP contribution < -0.4 is 16.0 Å². The van der Waals surface area contributed by atoms with E-state index < -0.39 is 0 Å². The summed E-state index contributed by atoms with van der Waals surface area (Å²) in [6, 6.07) is 11.3. The predicted molar refractivity (Wildman–Crippen MR) is 86.4 cm³/mol. The van der Waals surface area contributed by atoms with Crippen LogP contribution in [0.5, 0.6) is 5.75 Å². The highest BCUT2D eigenvalue weighted by molar-refractivity contribution is 5.95. The molecular weight excluding hydrogens is 278 g/mol. The summed E-state index contributed by atoms with van der Waals surface area (Å²) in [4.78, 5) is 16.1. The summed E-state index contributed by atoms with van der Waals surface area (Å²) < 4.78 is 5.85. The molecule has 0 fully saturated rings. The zero-order chi connectivity index (χ0) is 16.1. The third kappa shape index (κ3) is 3.62. The topological polar surface area (TPSA) is 77.2 Å². The second kappa shape index (κ2) is 7.04. The Morgan fingerprint density at radius 2 is 2.00 bits per heavy atom. The summed E-state index contributed by atoms with van der Waals surface area (Å²) in [5, 5.41) is 0. The Balaban J connectivity index is 2.36. The summed E-state index contributed by atoms with van der Waals surface area (Å²) in [6.45, 7) is 6.63. The van der Waals surface area contributed by atoms with E-state index in [0.29, 0.717) is 23.8 Å². The Labute approximate surface area is 130 Å². The largest absolute Gasteiger partial charge is 0.493 e. The second-order valence-electron chi connectivity index (χ2n) is 5.50. The van der Waals surface area contributed by atoms with Crippen molar-refractivity contribution in [3.63, 3.8) is 0 Å². The number of hydrogen-bond donors (Lipinski definition) is 2. The van der Waals surface area contributed by atoms with Crippen molar-refractivity contribution in [2.75, 3.05) is 6.61 Å². The van der Waals surface area contributed by atoms with Crippen LogP contribution in [0.2, 0.25) is 0 Å². The molecule has 0 saturated carbocycles.